The Kier molecular flexibility index (Phi) is 5.43. The largest absolute Gasteiger partial charge is 0.490 e. The van der Waals surface area contributed by atoms with E-state index >= 15 is 0 Å². The van der Waals surface area contributed by atoms with E-state index in [9.17, 15) is 4.79 Å². The SMILES string of the molecule is O=C(/C=C/c1ccco1)OCCOc1cccc(Br)c1. The summed E-state index contributed by atoms with van der Waals surface area (Å²) in [5.41, 5.74) is 0. The van der Waals surface area contributed by atoms with Gasteiger partial charge in [0.1, 0.15) is 24.7 Å². The van der Waals surface area contributed by atoms with E-state index in [1.54, 1.807) is 18.2 Å². The molecule has 0 radical (unpaired) electrons. The summed E-state index contributed by atoms with van der Waals surface area (Å²) in [5, 5.41) is 0. The fourth-order valence-electron chi connectivity index (χ4n) is 1.44. The molecule has 20 heavy (non-hydrogen) atoms. The van der Waals surface area contributed by atoms with Gasteiger partial charge in [-0.05, 0) is 36.4 Å². The van der Waals surface area contributed by atoms with E-state index in [4.69, 9.17) is 13.9 Å². The molecule has 0 aliphatic carbocycles. The molecule has 0 bridgehead atoms. The van der Waals surface area contributed by atoms with Crippen LogP contribution in [0.25, 0.3) is 6.08 Å². The van der Waals surface area contributed by atoms with Crippen molar-refractivity contribution in [2.45, 2.75) is 0 Å². The van der Waals surface area contributed by atoms with Gasteiger partial charge in [-0.15, -0.1) is 0 Å². The minimum Gasteiger partial charge on any atom is -0.490 e. The first-order valence-electron chi connectivity index (χ1n) is 6.01. The van der Waals surface area contributed by atoms with Crippen molar-refractivity contribution in [1.82, 2.24) is 0 Å². The van der Waals surface area contributed by atoms with Gasteiger partial charge in [-0.3, -0.25) is 0 Å². The third-order valence-electron chi connectivity index (χ3n) is 2.32. The Hall–Kier alpha value is -2.01. The number of carbonyl (C=O) groups is 1. The van der Waals surface area contributed by atoms with Crippen LogP contribution in [0.15, 0.2) is 57.6 Å². The van der Waals surface area contributed by atoms with Crippen LogP contribution < -0.4 is 4.74 Å². The van der Waals surface area contributed by atoms with Crippen LogP contribution in [0.4, 0.5) is 0 Å². The highest BCUT2D eigenvalue weighted by molar-refractivity contribution is 9.10. The predicted octanol–water partition coefficient (Wildman–Crippen LogP) is 3.68. The van der Waals surface area contributed by atoms with E-state index in [0.29, 0.717) is 12.4 Å². The summed E-state index contributed by atoms with van der Waals surface area (Å²) in [4.78, 5) is 11.4. The van der Waals surface area contributed by atoms with Gasteiger partial charge in [-0.1, -0.05) is 22.0 Å². The quantitative estimate of drug-likeness (QED) is 0.458. The second kappa shape index (κ2) is 7.55. The summed E-state index contributed by atoms with van der Waals surface area (Å²) >= 11 is 3.35. The molecule has 1 aromatic heterocycles. The van der Waals surface area contributed by atoms with Crippen molar-refractivity contribution in [1.29, 1.82) is 0 Å². The molecule has 2 rings (SSSR count). The fourth-order valence-corrected chi connectivity index (χ4v) is 1.82. The molecule has 0 aliphatic rings. The van der Waals surface area contributed by atoms with Gasteiger partial charge in [-0.2, -0.15) is 0 Å². The molecule has 0 unspecified atom stereocenters. The van der Waals surface area contributed by atoms with Crippen molar-refractivity contribution in [2.24, 2.45) is 0 Å². The second-order valence-corrected chi connectivity index (χ2v) is 4.74. The van der Waals surface area contributed by atoms with Crippen LogP contribution in [0.2, 0.25) is 0 Å². The minimum atomic E-state index is -0.431. The molecule has 0 spiro atoms. The Morgan fingerprint density at radius 3 is 2.90 bits per heavy atom. The summed E-state index contributed by atoms with van der Waals surface area (Å²) in [6.45, 7) is 0.491. The molecule has 0 N–H and O–H groups in total. The average molecular weight is 337 g/mol. The highest BCUT2D eigenvalue weighted by Gasteiger charge is 1.99. The van der Waals surface area contributed by atoms with Crippen LogP contribution in [0.5, 0.6) is 5.75 Å². The molecule has 5 heteroatoms. The van der Waals surface area contributed by atoms with Gasteiger partial charge in [0.25, 0.3) is 0 Å². The van der Waals surface area contributed by atoms with Crippen LogP contribution in [0.1, 0.15) is 5.76 Å². The Bertz CT molecular complexity index is 575. The number of benzene rings is 1. The first-order valence-corrected chi connectivity index (χ1v) is 6.80. The van der Waals surface area contributed by atoms with Crippen molar-refractivity contribution < 1.29 is 18.7 Å². The number of ether oxygens (including phenoxy) is 2. The topological polar surface area (TPSA) is 48.7 Å². The van der Waals surface area contributed by atoms with Crippen LogP contribution >= 0.6 is 15.9 Å². The molecule has 0 saturated carbocycles. The summed E-state index contributed by atoms with van der Waals surface area (Å²) in [6.07, 6.45) is 4.41. The van der Waals surface area contributed by atoms with Gasteiger partial charge in [-0.25, -0.2) is 4.79 Å². The van der Waals surface area contributed by atoms with Gasteiger partial charge in [0.05, 0.1) is 6.26 Å². The van der Waals surface area contributed by atoms with E-state index in [0.717, 1.165) is 10.2 Å². The maximum absolute atomic E-state index is 11.4. The highest BCUT2D eigenvalue weighted by Crippen LogP contribution is 2.17. The highest BCUT2D eigenvalue weighted by atomic mass is 79.9. The van der Waals surface area contributed by atoms with Gasteiger partial charge in [0.2, 0.25) is 0 Å². The van der Waals surface area contributed by atoms with Crippen LogP contribution in [0.3, 0.4) is 0 Å². The zero-order valence-electron chi connectivity index (χ0n) is 10.6. The van der Waals surface area contributed by atoms with Crippen molar-refractivity contribution in [3.63, 3.8) is 0 Å². The summed E-state index contributed by atoms with van der Waals surface area (Å²) < 4.78 is 16.4. The molecule has 1 aromatic carbocycles. The number of carbonyl (C=O) groups excluding carboxylic acids is 1. The number of hydrogen-bond acceptors (Lipinski definition) is 4. The Morgan fingerprint density at radius 1 is 1.25 bits per heavy atom. The first-order chi connectivity index (χ1) is 9.74. The Balaban J connectivity index is 1.67. The molecular formula is C15H13BrO4. The molecule has 0 atom stereocenters. The third kappa shape index (κ3) is 4.93. The Labute approximate surface area is 125 Å². The zero-order chi connectivity index (χ0) is 14.2. The minimum absolute atomic E-state index is 0.188. The maximum Gasteiger partial charge on any atom is 0.331 e. The smallest absolute Gasteiger partial charge is 0.331 e. The molecule has 104 valence electrons. The van der Waals surface area contributed by atoms with Gasteiger partial charge < -0.3 is 13.9 Å². The third-order valence-corrected chi connectivity index (χ3v) is 2.81. The predicted molar refractivity (Wildman–Crippen MR) is 78.3 cm³/mol. The number of rotatable bonds is 6. The van der Waals surface area contributed by atoms with E-state index in [1.807, 2.05) is 24.3 Å². The Morgan fingerprint density at radius 2 is 2.15 bits per heavy atom. The molecule has 0 saturated heterocycles. The molecule has 4 nitrogen and oxygen atoms in total. The number of hydrogen-bond donors (Lipinski definition) is 0. The molecule has 0 aliphatic heterocycles. The molecule has 0 amide bonds. The lowest BCUT2D eigenvalue weighted by atomic mass is 10.3. The summed E-state index contributed by atoms with van der Waals surface area (Å²) in [5.74, 6) is 0.896. The van der Waals surface area contributed by atoms with E-state index in [-0.39, 0.29) is 6.61 Å². The van der Waals surface area contributed by atoms with Gasteiger partial charge >= 0.3 is 5.97 Å². The van der Waals surface area contributed by atoms with Crippen molar-refractivity contribution >= 4 is 28.0 Å². The maximum atomic E-state index is 11.4. The lowest BCUT2D eigenvalue weighted by Crippen LogP contribution is -2.10. The monoisotopic (exact) mass is 336 g/mol. The molecular weight excluding hydrogens is 324 g/mol. The fraction of sp³-hybridized carbons (Fsp3) is 0.133. The lowest BCUT2D eigenvalue weighted by Gasteiger charge is -2.06. The molecule has 0 fully saturated rings. The van der Waals surface area contributed by atoms with Crippen molar-refractivity contribution in [2.75, 3.05) is 13.2 Å². The normalized spacial score (nSPS) is 10.7. The number of furan rings is 1. The van der Waals surface area contributed by atoms with Crippen LogP contribution in [-0.4, -0.2) is 19.2 Å². The second-order valence-electron chi connectivity index (χ2n) is 3.82. The van der Waals surface area contributed by atoms with Gasteiger partial charge in [0, 0.05) is 10.5 Å². The van der Waals surface area contributed by atoms with Gasteiger partial charge in [0.15, 0.2) is 0 Å². The number of esters is 1. The zero-order valence-corrected chi connectivity index (χ0v) is 12.2. The van der Waals surface area contributed by atoms with Crippen molar-refractivity contribution in [3.8, 4) is 5.75 Å². The standard InChI is InChI=1S/C15H13BrO4/c16-12-3-1-4-14(11-12)19-9-10-20-15(17)7-6-13-5-2-8-18-13/h1-8,11H,9-10H2/b7-6+. The molecule has 2 aromatic rings. The molecule has 1 heterocycles. The summed E-state index contributed by atoms with van der Waals surface area (Å²) in [6, 6.07) is 11.0. The lowest BCUT2D eigenvalue weighted by molar-refractivity contribution is -0.138. The first kappa shape index (κ1) is 14.4. The van der Waals surface area contributed by atoms with Crippen molar-refractivity contribution in [3.05, 3.63) is 59.0 Å². The van der Waals surface area contributed by atoms with Crippen LogP contribution in [-0.2, 0) is 9.53 Å². The average Bonchev–Trinajstić information content (AvgIpc) is 2.95. The van der Waals surface area contributed by atoms with E-state index in [1.165, 1.54) is 12.3 Å². The van der Waals surface area contributed by atoms with Crippen LogP contribution in [0, 0.1) is 0 Å². The summed E-state index contributed by atoms with van der Waals surface area (Å²) in [7, 11) is 0. The van der Waals surface area contributed by atoms with E-state index < -0.39 is 5.97 Å². The van der Waals surface area contributed by atoms with E-state index in [2.05, 4.69) is 15.9 Å². The number of halogens is 1.